The first-order valence-electron chi connectivity index (χ1n) is 10.7. The van der Waals surface area contributed by atoms with Crippen LogP contribution in [-0.2, 0) is 14.2 Å². The van der Waals surface area contributed by atoms with Crippen molar-refractivity contribution in [3.05, 3.63) is 35.4 Å². The van der Waals surface area contributed by atoms with Crippen LogP contribution in [-0.4, -0.2) is 83.7 Å². The topological polar surface area (TPSA) is 67.4 Å². The highest BCUT2D eigenvalue weighted by atomic mass is 127. The van der Waals surface area contributed by atoms with Gasteiger partial charge in [-0.05, 0) is 25.8 Å². The minimum absolute atomic E-state index is 0. The Hall–Kier alpha value is -0.940. The van der Waals surface area contributed by atoms with Gasteiger partial charge in [0.15, 0.2) is 5.96 Å². The average Bonchev–Trinajstić information content (AvgIpc) is 2.75. The number of hydrogen-bond acceptors (Lipinski definition) is 5. The highest BCUT2D eigenvalue weighted by Gasteiger charge is 2.22. The van der Waals surface area contributed by atoms with E-state index in [0.29, 0.717) is 19.8 Å². The zero-order chi connectivity index (χ0) is 20.7. The molecule has 0 bridgehead atoms. The molecule has 172 valence electrons. The molecule has 0 amide bonds. The van der Waals surface area contributed by atoms with E-state index in [1.54, 1.807) is 7.11 Å². The second-order valence-corrected chi connectivity index (χ2v) is 7.18. The molecule has 1 unspecified atom stereocenters. The predicted molar refractivity (Wildman–Crippen MR) is 133 cm³/mol. The summed E-state index contributed by atoms with van der Waals surface area (Å²) in [6.45, 7) is 12.0. The van der Waals surface area contributed by atoms with Gasteiger partial charge in [-0.3, -0.25) is 9.89 Å². The SMILES string of the molecule is CCNC(=NCC(c1ccc(C)cc1)N1CCOCC1)NCCCOCCOC.I. The minimum atomic E-state index is 0. The minimum Gasteiger partial charge on any atom is -0.382 e. The fraction of sp³-hybridized carbons (Fsp3) is 0.682. The van der Waals surface area contributed by atoms with Crippen molar-refractivity contribution in [3.63, 3.8) is 0 Å². The Labute approximate surface area is 199 Å². The number of hydrogen-bond donors (Lipinski definition) is 2. The largest absolute Gasteiger partial charge is 0.382 e. The summed E-state index contributed by atoms with van der Waals surface area (Å²) < 4.78 is 16.0. The Kier molecular flexibility index (Phi) is 15.1. The zero-order valence-corrected chi connectivity index (χ0v) is 21.0. The molecule has 0 aromatic heterocycles. The Morgan fingerprint density at radius 2 is 1.87 bits per heavy atom. The number of aryl methyl sites for hydroxylation is 1. The van der Waals surface area contributed by atoms with Gasteiger partial charge in [-0.15, -0.1) is 24.0 Å². The van der Waals surface area contributed by atoms with Crippen LogP contribution in [0.25, 0.3) is 0 Å². The van der Waals surface area contributed by atoms with Crippen LogP contribution in [0.15, 0.2) is 29.3 Å². The number of aliphatic imine (C=N–C) groups is 1. The Morgan fingerprint density at radius 3 is 2.53 bits per heavy atom. The molecule has 1 saturated heterocycles. The van der Waals surface area contributed by atoms with E-state index in [1.807, 2.05) is 0 Å². The summed E-state index contributed by atoms with van der Waals surface area (Å²) in [7, 11) is 1.69. The van der Waals surface area contributed by atoms with Crippen molar-refractivity contribution in [1.82, 2.24) is 15.5 Å². The van der Waals surface area contributed by atoms with Crippen molar-refractivity contribution in [1.29, 1.82) is 0 Å². The van der Waals surface area contributed by atoms with Crippen molar-refractivity contribution in [2.75, 3.05) is 72.9 Å². The molecule has 8 heteroatoms. The van der Waals surface area contributed by atoms with Crippen molar-refractivity contribution in [2.45, 2.75) is 26.3 Å². The lowest BCUT2D eigenvalue weighted by Gasteiger charge is -2.34. The molecule has 1 aromatic carbocycles. The van der Waals surface area contributed by atoms with Gasteiger partial charge < -0.3 is 24.8 Å². The predicted octanol–water partition coefficient (Wildman–Crippen LogP) is 2.59. The smallest absolute Gasteiger partial charge is 0.191 e. The average molecular weight is 534 g/mol. The summed E-state index contributed by atoms with van der Waals surface area (Å²) in [6, 6.07) is 9.07. The highest BCUT2D eigenvalue weighted by Crippen LogP contribution is 2.22. The van der Waals surface area contributed by atoms with Crippen molar-refractivity contribution in [3.8, 4) is 0 Å². The fourth-order valence-corrected chi connectivity index (χ4v) is 3.25. The first-order chi connectivity index (χ1) is 14.2. The zero-order valence-electron chi connectivity index (χ0n) is 18.7. The number of ether oxygens (including phenoxy) is 3. The van der Waals surface area contributed by atoms with E-state index in [-0.39, 0.29) is 30.0 Å². The second kappa shape index (κ2) is 16.7. The van der Waals surface area contributed by atoms with Crippen molar-refractivity contribution >= 4 is 29.9 Å². The molecule has 1 heterocycles. The standard InChI is InChI=1S/C22H38N4O3.HI/c1-4-23-22(24-10-5-13-28-17-16-27-3)25-18-21(26-11-14-29-15-12-26)20-8-6-19(2)7-9-20;/h6-9,21H,4-5,10-18H2,1-3H3,(H2,23,24,25);1H. The third-order valence-electron chi connectivity index (χ3n) is 4.90. The monoisotopic (exact) mass is 534 g/mol. The van der Waals surface area contributed by atoms with Gasteiger partial charge in [0.05, 0.1) is 39.0 Å². The molecular weight excluding hydrogens is 495 g/mol. The lowest BCUT2D eigenvalue weighted by Crippen LogP contribution is -2.42. The van der Waals surface area contributed by atoms with Gasteiger partial charge in [-0.2, -0.15) is 0 Å². The summed E-state index contributed by atoms with van der Waals surface area (Å²) in [5.41, 5.74) is 2.59. The molecule has 30 heavy (non-hydrogen) atoms. The van der Waals surface area contributed by atoms with Crippen LogP contribution in [0, 0.1) is 6.92 Å². The van der Waals surface area contributed by atoms with Gasteiger partial charge >= 0.3 is 0 Å². The number of halogens is 1. The molecule has 1 aromatic rings. The van der Waals surface area contributed by atoms with E-state index >= 15 is 0 Å². The van der Waals surface area contributed by atoms with Crippen molar-refractivity contribution < 1.29 is 14.2 Å². The molecule has 1 aliphatic rings. The molecule has 7 nitrogen and oxygen atoms in total. The van der Waals surface area contributed by atoms with E-state index in [0.717, 1.165) is 58.4 Å². The number of benzene rings is 1. The van der Waals surface area contributed by atoms with Crippen LogP contribution in [0.2, 0.25) is 0 Å². The van der Waals surface area contributed by atoms with Crippen LogP contribution in [0.1, 0.15) is 30.5 Å². The van der Waals surface area contributed by atoms with Gasteiger partial charge in [0.1, 0.15) is 0 Å². The van der Waals surface area contributed by atoms with Crippen molar-refractivity contribution in [2.24, 2.45) is 4.99 Å². The van der Waals surface area contributed by atoms with Crippen LogP contribution in [0.5, 0.6) is 0 Å². The van der Waals surface area contributed by atoms with Gasteiger partial charge in [0.25, 0.3) is 0 Å². The number of methoxy groups -OCH3 is 1. The molecule has 0 saturated carbocycles. The Bertz CT molecular complexity index is 580. The molecule has 2 N–H and O–H groups in total. The van der Waals surface area contributed by atoms with E-state index in [4.69, 9.17) is 19.2 Å². The van der Waals surface area contributed by atoms with E-state index in [9.17, 15) is 0 Å². The first-order valence-corrected chi connectivity index (χ1v) is 10.7. The van der Waals surface area contributed by atoms with Gasteiger partial charge in [-0.25, -0.2) is 0 Å². The van der Waals surface area contributed by atoms with Gasteiger partial charge in [0.2, 0.25) is 0 Å². The van der Waals surface area contributed by atoms with Crippen LogP contribution in [0.4, 0.5) is 0 Å². The van der Waals surface area contributed by atoms with Gasteiger partial charge in [0, 0.05) is 39.9 Å². The number of guanidine groups is 1. The van der Waals surface area contributed by atoms with Crippen LogP contribution >= 0.6 is 24.0 Å². The van der Waals surface area contributed by atoms with E-state index in [2.05, 4.69) is 53.6 Å². The third-order valence-corrected chi connectivity index (χ3v) is 4.90. The Morgan fingerprint density at radius 1 is 1.13 bits per heavy atom. The maximum absolute atomic E-state index is 5.55. The van der Waals surface area contributed by atoms with Gasteiger partial charge in [-0.1, -0.05) is 29.8 Å². The molecule has 0 spiro atoms. The molecule has 1 aliphatic heterocycles. The first kappa shape index (κ1) is 27.1. The molecule has 1 fully saturated rings. The summed E-state index contributed by atoms with van der Waals surface area (Å²) in [5, 5.41) is 6.76. The third kappa shape index (κ3) is 10.4. The highest BCUT2D eigenvalue weighted by molar-refractivity contribution is 14.0. The molecule has 0 aliphatic carbocycles. The van der Waals surface area contributed by atoms with Crippen LogP contribution < -0.4 is 10.6 Å². The van der Waals surface area contributed by atoms with E-state index < -0.39 is 0 Å². The Balaban J connectivity index is 0.00000450. The molecule has 1 atom stereocenters. The maximum atomic E-state index is 5.55. The van der Waals surface area contributed by atoms with Crippen LogP contribution in [0.3, 0.4) is 0 Å². The summed E-state index contributed by atoms with van der Waals surface area (Å²) in [4.78, 5) is 7.36. The molecule has 2 rings (SSSR count). The lowest BCUT2D eigenvalue weighted by molar-refractivity contribution is 0.0179. The molecular formula is C22H39IN4O3. The summed E-state index contributed by atoms with van der Waals surface area (Å²) in [6.07, 6.45) is 0.930. The lowest BCUT2D eigenvalue weighted by atomic mass is 10.0. The summed E-state index contributed by atoms with van der Waals surface area (Å²) in [5.74, 6) is 0.856. The number of morpholine rings is 1. The second-order valence-electron chi connectivity index (χ2n) is 7.18. The maximum Gasteiger partial charge on any atom is 0.191 e. The van der Waals surface area contributed by atoms with E-state index in [1.165, 1.54) is 11.1 Å². The number of nitrogens with one attached hydrogen (secondary N) is 2. The number of nitrogens with zero attached hydrogens (tertiary/aromatic N) is 2. The normalized spacial score (nSPS) is 16.0. The summed E-state index contributed by atoms with van der Waals surface area (Å²) >= 11 is 0. The quantitative estimate of drug-likeness (QED) is 0.186. The fourth-order valence-electron chi connectivity index (χ4n) is 3.25. The number of rotatable bonds is 12. The molecule has 0 radical (unpaired) electrons.